The quantitative estimate of drug-likeness (QED) is 0.293. The van der Waals surface area contributed by atoms with Crippen LogP contribution in [-0.2, 0) is 19.0 Å². The van der Waals surface area contributed by atoms with Gasteiger partial charge in [-0.25, -0.2) is 0 Å². The van der Waals surface area contributed by atoms with Gasteiger partial charge < -0.3 is 5.32 Å². The highest BCUT2D eigenvalue weighted by atomic mass is 32.2. The summed E-state index contributed by atoms with van der Waals surface area (Å²) >= 11 is 1.62. The van der Waals surface area contributed by atoms with Crippen LogP contribution in [0.4, 0.5) is 18.9 Å². The first-order chi connectivity index (χ1) is 17.5. The molecule has 0 aliphatic rings. The van der Waals surface area contributed by atoms with Crippen molar-refractivity contribution in [3.63, 3.8) is 0 Å². The lowest BCUT2D eigenvalue weighted by Crippen LogP contribution is -2.04. The molecule has 0 aliphatic heterocycles. The summed E-state index contributed by atoms with van der Waals surface area (Å²) in [6.07, 6.45) is 3.74. The zero-order valence-electron chi connectivity index (χ0n) is 22.7. The van der Waals surface area contributed by atoms with Crippen LogP contribution >= 0.6 is 11.8 Å². The molecule has 0 bridgehead atoms. The molecule has 0 heterocycles. The van der Waals surface area contributed by atoms with Crippen LogP contribution in [0.5, 0.6) is 0 Å². The van der Waals surface area contributed by atoms with Gasteiger partial charge in [0.1, 0.15) is 0 Å². The van der Waals surface area contributed by atoms with Crippen LogP contribution in [0.1, 0.15) is 63.8 Å². The summed E-state index contributed by atoms with van der Waals surface area (Å²) in [7, 11) is 0. The minimum Gasteiger partial charge on any atom is -0.355 e. The molecule has 198 valence electrons. The predicted octanol–water partition coefficient (Wildman–Crippen LogP) is 10.4. The Morgan fingerprint density at radius 1 is 0.946 bits per heavy atom. The van der Waals surface area contributed by atoms with Gasteiger partial charge in [0.2, 0.25) is 0 Å². The standard InChI is InChI=1S/C32H38F3NS/c1-8-25-11-12-26(9-2)31(19-25)36-30(17-22(4)5)27(10-3)18-23(6)20-37-21-24(7)28-13-15-29(16-14-28)32(33,34)35/h10-19,21,36H,3,8-9,20H2,1-2,4-7H3/b23-18+,24-21+,30-27-. The van der Waals surface area contributed by atoms with Crippen molar-refractivity contribution in [1.29, 1.82) is 0 Å². The first kappa shape index (κ1) is 30.3. The third-order valence-corrected chi connectivity index (χ3v) is 6.98. The predicted molar refractivity (Wildman–Crippen MR) is 157 cm³/mol. The zero-order chi connectivity index (χ0) is 27.6. The SMILES string of the molecule is C=CC(/C=C(\C)CS/C=C(\C)c1ccc(C(F)(F)F)cc1)=C(\C=C(C)C)Nc1cc(CC)ccc1CC. The molecule has 0 unspecified atom stereocenters. The van der Waals surface area contributed by atoms with E-state index < -0.39 is 11.7 Å². The molecule has 2 aromatic rings. The third-order valence-electron chi connectivity index (χ3n) is 5.84. The Hall–Kier alpha value is -2.92. The van der Waals surface area contributed by atoms with Gasteiger partial charge in [0.15, 0.2) is 0 Å². The van der Waals surface area contributed by atoms with E-state index in [4.69, 9.17) is 0 Å². The molecule has 0 aromatic heterocycles. The molecule has 0 saturated heterocycles. The second-order valence-corrected chi connectivity index (χ2v) is 10.2. The maximum Gasteiger partial charge on any atom is 0.416 e. The number of alkyl halides is 3. The first-order valence-electron chi connectivity index (χ1n) is 12.5. The van der Waals surface area contributed by atoms with Gasteiger partial charge in [0.05, 0.1) is 5.56 Å². The van der Waals surface area contributed by atoms with Crippen LogP contribution < -0.4 is 5.32 Å². The Bertz CT molecular complexity index is 1190. The van der Waals surface area contributed by atoms with Gasteiger partial charge in [-0.2, -0.15) is 13.2 Å². The average Bonchev–Trinajstić information content (AvgIpc) is 2.86. The van der Waals surface area contributed by atoms with Crippen LogP contribution in [0.25, 0.3) is 5.57 Å². The fraction of sp³-hybridized carbons (Fsp3) is 0.312. The van der Waals surface area contributed by atoms with Crippen molar-refractivity contribution < 1.29 is 13.2 Å². The molecule has 0 saturated carbocycles. The van der Waals surface area contributed by atoms with Gasteiger partial charge in [-0.3, -0.25) is 0 Å². The molecule has 1 nitrogen and oxygen atoms in total. The summed E-state index contributed by atoms with van der Waals surface area (Å²) in [6.45, 7) is 16.5. The lowest BCUT2D eigenvalue weighted by atomic mass is 10.0. The number of thioether (sulfide) groups is 1. The molecule has 5 heteroatoms. The second-order valence-electron chi connectivity index (χ2n) is 9.30. The largest absolute Gasteiger partial charge is 0.416 e. The smallest absolute Gasteiger partial charge is 0.355 e. The molecule has 2 rings (SSSR count). The molecular formula is C32H38F3NS. The molecular weight excluding hydrogens is 487 g/mol. The van der Waals surface area contributed by atoms with E-state index in [-0.39, 0.29) is 0 Å². The highest BCUT2D eigenvalue weighted by Crippen LogP contribution is 2.30. The van der Waals surface area contributed by atoms with Crippen molar-refractivity contribution in [3.8, 4) is 0 Å². The number of halogens is 3. The monoisotopic (exact) mass is 525 g/mol. The number of anilines is 1. The molecule has 0 radical (unpaired) electrons. The third kappa shape index (κ3) is 9.47. The fourth-order valence-corrected chi connectivity index (χ4v) is 4.55. The van der Waals surface area contributed by atoms with Gasteiger partial charge in [0.25, 0.3) is 0 Å². The number of hydrogen-bond acceptors (Lipinski definition) is 2. The van der Waals surface area contributed by atoms with E-state index in [1.54, 1.807) is 11.8 Å². The van der Waals surface area contributed by atoms with Crippen molar-refractivity contribution in [1.82, 2.24) is 0 Å². The molecule has 0 spiro atoms. The number of allylic oxidation sites excluding steroid dienone is 6. The van der Waals surface area contributed by atoms with Crippen molar-refractivity contribution in [2.75, 3.05) is 11.1 Å². The zero-order valence-corrected chi connectivity index (χ0v) is 23.5. The van der Waals surface area contributed by atoms with Crippen LogP contribution in [-0.4, -0.2) is 5.75 Å². The number of benzene rings is 2. The topological polar surface area (TPSA) is 12.0 Å². The van der Waals surface area contributed by atoms with Crippen molar-refractivity contribution >= 4 is 23.0 Å². The van der Waals surface area contributed by atoms with Gasteiger partial charge >= 0.3 is 6.18 Å². The van der Waals surface area contributed by atoms with Crippen molar-refractivity contribution in [2.24, 2.45) is 0 Å². The van der Waals surface area contributed by atoms with E-state index in [9.17, 15) is 13.2 Å². The van der Waals surface area contributed by atoms with Crippen LogP contribution in [0.3, 0.4) is 0 Å². The number of nitrogens with one attached hydrogen (secondary N) is 1. The Kier molecular flexibility index (Phi) is 11.6. The summed E-state index contributed by atoms with van der Waals surface area (Å²) in [4.78, 5) is 0. The van der Waals surface area contributed by atoms with Gasteiger partial charge in [-0.05, 0) is 98.1 Å². The summed E-state index contributed by atoms with van der Waals surface area (Å²) in [6, 6.07) is 11.9. The van der Waals surface area contributed by atoms with E-state index in [0.29, 0.717) is 0 Å². The highest BCUT2D eigenvalue weighted by molar-refractivity contribution is 8.02. The van der Waals surface area contributed by atoms with Crippen LogP contribution in [0.15, 0.2) is 95.1 Å². The molecule has 0 atom stereocenters. The maximum atomic E-state index is 12.8. The van der Waals surface area contributed by atoms with Crippen LogP contribution in [0.2, 0.25) is 0 Å². The average molecular weight is 526 g/mol. The Balaban J connectivity index is 2.25. The van der Waals surface area contributed by atoms with E-state index in [2.05, 4.69) is 76.9 Å². The first-order valence-corrected chi connectivity index (χ1v) is 13.6. The van der Waals surface area contributed by atoms with Crippen LogP contribution in [0, 0.1) is 0 Å². The van der Waals surface area contributed by atoms with Gasteiger partial charge in [-0.1, -0.05) is 68.0 Å². The van der Waals surface area contributed by atoms with E-state index in [1.807, 2.05) is 18.4 Å². The number of aryl methyl sites for hydroxylation is 2. The highest BCUT2D eigenvalue weighted by Gasteiger charge is 2.29. The summed E-state index contributed by atoms with van der Waals surface area (Å²) in [5, 5.41) is 5.66. The van der Waals surface area contributed by atoms with Crippen molar-refractivity contribution in [3.05, 3.63) is 117 Å². The lowest BCUT2D eigenvalue weighted by Gasteiger charge is -2.16. The summed E-state index contributed by atoms with van der Waals surface area (Å²) in [5.41, 5.74) is 9.10. The molecule has 0 fully saturated rings. The maximum absolute atomic E-state index is 12.8. The molecule has 0 aliphatic carbocycles. The Morgan fingerprint density at radius 3 is 2.16 bits per heavy atom. The normalized spacial score (nSPS) is 13.2. The summed E-state index contributed by atoms with van der Waals surface area (Å²) in [5.74, 6) is 0.753. The Labute approximate surface area is 225 Å². The number of rotatable bonds is 11. The fourth-order valence-electron chi connectivity index (χ4n) is 3.74. The molecule has 2 aromatic carbocycles. The molecule has 1 N–H and O–H groups in total. The lowest BCUT2D eigenvalue weighted by molar-refractivity contribution is -0.137. The van der Waals surface area contributed by atoms with E-state index >= 15 is 0 Å². The Morgan fingerprint density at radius 2 is 1.62 bits per heavy atom. The molecule has 37 heavy (non-hydrogen) atoms. The molecule has 0 amide bonds. The minimum atomic E-state index is -4.32. The van der Waals surface area contributed by atoms with E-state index in [1.165, 1.54) is 28.8 Å². The second kappa shape index (κ2) is 14.1. The van der Waals surface area contributed by atoms with E-state index in [0.717, 1.165) is 64.4 Å². The van der Waals surface area contributed by atoms with Crippen molar-refractivity contribution in [2.45, 2.75) is 60.6 Å². The summed E-state index contributed by atoms with van der Waals surface area (Å²) < 4.78 is 38.5. The van der Waals surface area contributed by atoms with Gasteiger partial charge in [0, 0.05) is 17.1 Å². The number of hydrogen-bond donors (Lipinski definition) is 1. The van der Waals surface area contributed by atoms with Gasteiger partial charge in [-0.15, -0.1) is 11.8 Å². The minimum absolute atomic E-state index is 0.632.